The fourth-order valence-corrected chi connectivity index (χ4v) is 4.79. The van der Waals surface area contributed by atoms with Crippen molar-refractivity contribution in [2.24, 2.45) is 0 Å². The summed E-state index contributed by atoms with van der Waals surface area (Å²) in [5.74, 6) is 0.818. The summed E-state index contributed by atoms with van der Waals surface area (Å²) in [5, 5.41) is 14.6. The van der Waals surface area contributed by atoms with Crippen molar-refractivity contribution in [3.05, 3.63) is 59.3 Å². The number of ether oxygens (including phenoxy) is 3. The summed E-state index contributed by atoms with van der Waals surface area (Å²) in [6.07, 6.45) is 1.64. The minimum Gasteiger partial charge on any atom is -0.497 e. The molecule has 0 amide bonds. The zero-order valence-electron chi connectivity index (χ0n) is 19.6. The highest BCUT2D eigenvalue weighted by Gasteiger charge is 2.27. The van der Waals surface area contributed by atoms with Crippen LogP contribution in [0.4, 0.5) is 8.78 Å². The predicted molar refractivity (Wildman–Crippen MR) is 127 cm³/mol. The van der Waals surface area contributed by atoms with Gasteiger partial charge in [0.25, 0.3) is 0 Å². The van der Waals surface area contributed by atoms with Crippen molar-refractivity contribution in [2.45, 2.75) is 31.5 Å². The van der Waals surface area contributed by atoms with Crippen molar-refractivity contribution in [2.75, 3.05) is 40.0 Å². The Bertz CT molecular complexity index is 1210. The van der Waals surface area contributed by atoms with Crippen LogP contribution in [0.1, 0.15) is 17.5 Å². The number of benzene rings is 2. The van der Waals surface area contributed by atoms with Gasteiger partial charge in [0.2, 0.25) is 0 Å². The van der Waals surface area contributed by atoms with Gasteiger partial charge in [-0.25, -0.2) is 8.78 Å². The predicted octanol–water partition coefficient (Wildman–Crippen LogP) is 3.06. The second-order valence-corrected chi connectivity index (χ2v) is 8.96. The van der Waals surface area contributed by atoms with E-state index in [1.807, 2.05) is 18.2 Å². The van der Waals surface area contributed by atoms with E-state index in [0.29, 0.717) is 56.0 Å². The molecule has 0 radical (unpaired) electrons. The molecule has 2 aromatic carbocycles. The minimum absolute atomic E-state index is 0.0451. The lowest BCUT2D eigenvalue weighted by molar-refractivity contribution is 0.0404. The quantitative estimate of drug-likeness (QED) is 0.533. The van der Waals surface area contributed by atoms with Crippen LogP contribution in [0.2, 0.25) is 0 Å². The molecule has 0 unspecified atom stereocenters. The minimum atomic E-state index is -0.558. The Morgan fingerprint density at radius 3 is 2.77 bits per heavy atom. The molecule has 1 aromatic heterocycles. The number of aromatic nitrogens is 1. The Morgan fingerprint density at radius 2 is 1.97 bits per heavy atom. The van der Waals surface area contributed by atoms with Gasteiger partial charge in [-0.1, -0.05) is 6.07 Å². The topological polar surface area (TPSA) is 76.1 Å². The first-order valence-corrected chi connectivity index (χ1v) is 11.8. The van der Waals surface area contributed by atoms with Crippen molar-refractivity contribution < 1.29 is 28.1 Å². The van der Waals surface area contributed by atoms with E-state index < -0.39 is 17.7 Å². The van der Waals surface area contributed by atoms with Gasteiger partial charge in [-0.3, -0.25) is 4.98 Å². The van der Waals surface area contributed by atoms with Gasteiger partial charge < -0.3 is 29.5 Å². The lowest BCUT2D eigenvalue weighted by atomic mass is 10.00. The lowest BCUT2D eigenvalue weighted by Crippen LogP contribution is -2.52. The molecule has 0 saturated carbocycles. The molecule has 35 heavy (non-hydrogen) atoms. The van der Waals surface area contributed by atoms with Gasteiger partial charge >= 0.3 is 0 Å². The number of pyridine rings is 1. The van der Waals surface area contributed by atoms with Gasteiger partial charge in [0.1, 0.15) is 30.3 Å². The van der Waals surface area contributed by atoms with E-state index >= 15 is 0 Å². The van der Waals surface area contributed by atoms with E-state index in [1.54, 1.807) is 6.07 Å². The van der Waals surface area contributed by atoms with Crippen LogP contribution in [0.5, 0.6) is 17.2 Å². The zero-order chi connectivity index (χ0) is 24.4. The van der Waals surface area contributed by atoms with Crippen LogP contribution in [0.3, 0.4) is 0 Å². The van der Waals surface area contributed by atoms with E-state index in [4.69, 9.17) is 14.2 Å². The maximum absolute atomic E-state index is 14.6. The normalized spacial score (nSPS) is 20.2. The fourth-order valence-electron chi connectivity index (χ4n) is 4.79. The summed E-state index contributed by atoms with van der Waals surface area (Å²) >= 11 is 0. The molecule has 2 N–H and O–H groups in total. The standard InChI is InChI=1S/C26H29F2N3O4/c1-33-17-11-19-18(21(28)14-30-26(19)20(27)12-17)4-6-31-7-5-22(23(32)15-31)29-13-16-2-3-24-25(10-16)35-9-8-34-24/h2-3,10-12,14,22-23,29,32H,4-9,13,15H2,1H3/t22-,23+/m1/s1. The average Bonchev–Trinajstić information content (AvgIpc) is 2.87. The molecule has 2 aliphatic heterocycles. The van der Waals surface area contributed by atoms with E-state index in [2.05, 4.69) is 15.2 Å². The number of nitrogens with zero attached hydrogens (tertiary/aromatic N) is 2. The molecule has 3 heterocycles. The number of likely N-dealkylation sites (tertiary alicyclic amines) is 1. The first-order chi connectivity index (χ1) is 17.0. The maximum atomic E-state index is 14.6. The van der Waals surface area contributed by atoms with Crippen LogP contribution in [-0.4, -0.2) is 67.1 Å². The first kappa shape index (κ1) is 23.7. The number of aliphatic hydroxyl groups is 1. The van der Waals surface area contributed by atoms with E-state index in [9.17, 15) is 13.9 Å². The second-order valence-electron chi connectivity index (χ2n) is 8.96. The summed E-state index contributed by atoms with van der Waals surface area (Å²) in [7, 11) is 1.44. The molecule has 2 aliphatic rings. The molecule has 7 nitrogen and oxygen atoms in total. The number of fused-ring (bicyclic) bond motifs is 2. The Labute approximate surface area is 202 Å². The monoisotopic (exact) mass is 485 g/mol. The summed E-state index contributed by atoms with van der Waals surface area (Å²) < 4.78 is 45.4. The molecular weight excluding hydrogens is 456 g/mol. The van der Waals surface area contributed by atoms with Crippen molar-refractivity contribution >= 4 is 10.9 Å². The molecular formula is C26H29F2N3O4. The van der Waals surface area contributed by atoms with Gasteiger partial charge in [0, 0.05) is 42.7 Å². The van der Waals surface area contributed by atoms with Crippen molar-refractivity contribution in [3.8, 4) is 17.2 Å². The van der Waals surface area contributed by atoms with Crippen LogP contribution in [-0.2, 0) is 13.0 Å². The molecule has 3 aromatic rings. The van der Waals surface area contributed by atoms with E-state index in [0.717, 1.165) is 36.2 Å². The first-order valence-electron chi connectivity index (χ1n) is 11.8. The van der Waals surface area contributed by atoms with Crippen LogP contribution in [0.15, 0.2) is 36.5 Å². The summed E-state index contributed by atoms with van der Waals surface area (Å²) in [6.45, 7) is 3.49. The molecule has 1 saturated heterocycles. The smallest absolute Gasteiger partial charge is 0.161 e. The Kier molecular flexibility index (Phi) is 6.99. The largest absolute Gasteiger partial charge is 0.497 e. The number of hydrogen-bond donors (Lipinski definition) is 2. The Balaban J connectivity index is 1.18. The zero-order valence-corrected chi connectivity index (χ0v) is 19.6. The van der Waals surface area contributed by atoms with E-state index in [1.165, 1.54) is 13.2 Å². The summed E-state index contributed by atoms with van der Waals surface area (Å²) in [5.41, 5.74) is 1.59. The molecule has 0 spiro atoms. The van der Waals surface area contributed by atoms with Crippen LogP contribution >= 0.6 is 0 Å². The highest BCUT2D eigenvalue weighted by Crippen LogP contribution is 2.31. The molecule has 0 bridgehead atoms. The number of halogens is 2. The van der Waals surface area contributed by atoms with Gasteiger partial charge in [-0.05, 0) is 43.1 Å². The van der Waals surface area contributed by atoms with Gasteiger partial charge in [0.15, 0.2) is 17.3 Å². The molecule has 2 atom stereocenters. The van der Waals surface area contributed by atoms with E-state index in [-0.39, 0.29) is 11.6 Å². The Morgan fingerprint density at radius 1 is 1.14 bits per heavy atom. The average molecular weight is 486 g/mol. The third-order valence-electron chi connectivity index (χ3n) is 6.71. The maximum Gasteiger partial charge on any atom is 0.161 e. The number of hydrogen-bond acceptors (Lipinski definition) is 7. The van der Waals surface area contributed by atoms with Crippen molar-refractivity contribution in [3.63, 3.8) is 0 Å². The van der Waals surface area contributed by atoms with Gasteiger partial charge in [-0.15, -0.1) is 0 Å². The van der Waals surface area contributed by atoms with Crippen molar-refractivity contribution in [1.29, 1.82) is 0 Å². The third-order valence-corrected chi connectivity index (χ3v) is 6.71. The third kappa shape index (κ3) is 5.17. The number of methoxy groups -OCH3 is 1. The molecule has 0 aliphatic carbocycles. The highest BCUT2D eigenvalue weighted by molar-refractivity contribution is 5.84. The number of rotatable bonds is 7. The number of nitrogens with one attached hydrogen (secondary N) is 1. The summed E-state index contributed by atoms with van der Waals surface area (Å²) in [6, 6.07) is 8.69. The molecule has 186 valence electrons. The van der Waals surface area contributed by atoms with Crippen LogP contribution in [0, 0.1) is 11.6 Å². The van der Waals surface area contributed by atoms with Gasteiger partial charge in [0.05, 0.1) is 19.4 Å². The molecule has 1 fully saturated rings. The summed E-state index contributed by atoms with van der Waals surface area (Å²) in [4.78, 5) is 6.03. The van der Waals surface area contributed by atoms with Crippen LogP contribution in [0.25, 0.3) is 10.9 Å². The number of β-amino-alcohol motifs (C(OH)–C–C–N with tert-alkyl or cyclic N) is 1. The molecule has 5 rings (SSSR count). The SMILES string of the molecule is COc1cc(F)c2ncc(F)c(CCN3CC[C@@H](NCc4ccc5c(c4)OCCO5)[C@@H](O)C3)c2c1. The fraction of sp³-hybridized carbons (Fsp3) is 0.423. The lowest BCUT2D eigenvalue weighted by Gasteiger charge is -2.36. The number of piperidine rings is 1. The van der Waals surface area contributed by atoms with Crippen LogP contribution < -0.4 is 19.5 Å². The second kappa shape index (κ2) is 10.3. The Hall–Kier alpha value is -3.01. The number of aliphatic hydroxyl groups excluding tert-OH is 1. The molecule has 9 heteroatoms. The van der Waals surface area contributed by atoms with Crippen molar-refractivity contribution in [1.82, 2.24) is 15.2 Å². The van der Waals surface area contributed by atoms with Gasteiger partial charge in [-0.2, -0.15) is 0 Å². The highest BCUT2D eigenvalue weighted by atomic mass is 19.1.